The van der Waals surface area contributed by atoms with E-state index in [-0.39, 0.29) is 25.2 Å². The minimum absolute atomic E-state index is 0.0210. The van der Waals surface area contributed by atoms with E-state index in [0.717, 1.165) is 23.7 Å². The van der Waals surface area contributed by atoms with Crippen molar-refractivity contribution in [2.45, 2.75) is 25.3 Å². The minimum Gasteiger partial charge on any atom is -0.483 e. The van der Waals surface area contributed by atoms with Crippen molar-refractivity contribution in [3.63, 3.8) is 0 Å². The number of hydrogen-bond donors (Lipinski definition) is 1. The molecule has 1 amide bonds. The molecule has 0 saturated heterocycles. The Morgan fingerprint density at radius 3 is 2.80 bits per heavy atom. The molecule has 0 heterocycles. The molecule has 4 nitrogen and oxygen atoms in total. The number of carbonyl (C=O) groups is 1. The van der Waals surface area contributed by atoms with Crippen molar-refractivity contribution in [3.05, 3.63) is 27.7 Å². The van der Waals surface area contributed by atoms with Crippen LogP contribution in [0.25, 0.3) is 0 Å². The first-order valence-electron chi connectivity index (χ1n) is 6.60. The van der Waals surface area contributed by atoms with Crippen molar-refractivity contribution < 1.29 is 14.6 Å². The molecule has 110 valence electrons. The molecule has 1 aliphatic rings. The monoisotopic (exact) mass is 361 g/mol. The first-order chi connectivity index (χ1) is 9.61. The zero-order valence-corrected chi connectivity index (χ0v) is 13.4. The smallest absolute Gasteiger partial charge is 0.260 e. The molecule has 1 aromatic rings. The van der Waals surface area contributed by atoms with Crippen LogP contribution < -0.4 is 4.74 Å². The van der Waals surface area contributed by atoms with Crippen LogP contribution in [0.4, 0.5) is 0 Å². The van der Waals surface area contributed by atoms with E-state index in [9.17, 15) is 4.79 Å². The highest BCUT2D eigenvalue weighted by molar-refractivity contribution is 9.10. The molecule has 0 aromatic heterocycles. The fourth-order valence-corrected chi connectivity index (χ4v) is 2.93. The van der Waals surface area contributed by atoms with Gasteiger partial charge in [0.25, 0.3) is 5.91 Å². The second kappa shape index (κ2) is 7.29. The molecule has 1 aromatic carbocycles. The maximum absolute atomic E-state index is 12.2. The van der Waals surface area contributed by atoms with Crippen LogP contribution in [0.1, 0.15) is 19.3 Å². The number of ether oxygens (including phenoxy) is 1. The number of hydrogen-bond acceptors (Lipinski definition) is 3. The predicted octanol–water partition coefficient (Wildman–Crippen LogP) is 2.85. The molecule has 20 heavy (non-hydrogen) atoms. The number of halogens is 2. The Balaban J connectivity index is 1.92. The van der Waals surface area contributed by atoms with Crippen LogP contribution >= 0.6 is 27.5 Å². The van der Waals surface area contributed by atoms with Crippen LogP contribution in [0.15, 0.2) is 22.7 Å². The van der Waals surface area contributed by atoms with Crippen LogP contribution in [-0.4, -0.2) is 41.7 Å². The van der Waals surface area contributed by atoms with E-state index in [1.165, 1.54) is 0 Å². The number of amides is 1. The zero-order chi connectivity index (χ0) is 14.5. The molecule has 1 saturated carbocycles. The Kier molecular flexibility index (Phi) is 5.69. The number of rotatable bonds is 6. The van der Waals surface area contributed by atoms with Crippen molar-refractivity contribution in [2.75, 3.05) is 19.8 Å². The van der Waals surface area contributed by atoms with Gasteiger partial charge in [-0.25, -0.2) is 0 Å². The van der Waals surface area contributed by atoms with Crippen molar-refractivity contribution in [2.24, 2.45) is 0 Å². The van der Waals surface area contributed by atoms with Gasteiger partial charge in [0.15, 0.2) is 6.61 Å². The van der Waals surface area contributed by atoms with Crippen LogP contribution in [0, 0.1) is 0 Å². The second-order valence-corrected chi connectivity index (χ2v) is 6.05. The largest absolute Gasteiger partial charge is 0.483 e. The molecule has 0 atom stereocenters. The summed E-state index contributed by atoms with van der Waals surface area (Å²) in [6, 6.07) is 5.41. The molecule has 0 bridgehead atoms. The first-order valence-corrected chi connectivity index (χ1v) is 7.77. The molecule has 0 aliphatic heterocycles. The van der Waals surface area contributed by atoms with Crippen LogP contribution in [0.3, 0.4) is 0 Å². The van der Waals surface area contributed by atoms with Gasteiger partial charge >= 0.3 is 0 Å². The van der Waals surface area contributed by atoms with E-state index in [1.807, 2.05) is 0 Å². The average molecular weight is 363 g/mol. The summed E-state index contributed by atoms with van der Waals surface area (Å²) >= 11 is 9.20. The van der Waals surface area contributed by atoms with Crippen molar-refractivity contribution in [3.8, 4) is 5.75 Å². The van der Waals surface area contributed by atoms with Crippen molar-refractivity contribution >= 4 is 33.4 Å². The summed E-state index contributed by atoms with van der Waals surface area (Å²) in [5, 5.41) is 9.66. The Hall–Kier alpha value is -0.780. The minimum atomic E-state index is -0.0920. The Morgan fingerprint density at radius 2 is 2.25 bits per heavy atom. The van der Waals surface area contributed by atoms with Gasteiger partial charge in [-0.2, -0.15) is 0 Å². The number of aliphatic hydroxyl groups excluding tert-OH is 1. The second-order valence-electron chi connectivity index (χ2n) is 4.76. The lowest BCUT2D eigenvalue weighted by molar-refractivity contribution is -0.138. The SMILES string of the molecule is O=C(COc1ccc(Cl)cc1Br)N(CCO)C1CCC1. The lowest BCUT2D eigenvalue weighted by Gasteiger charge is -2.37. The summed E-state index contributed by atoms with van der Waals surface area (Å²) in [6.07, 6.45) is 3.16. The Bertz CT molecular complexity index is 479. The highest BCUT2D eigenvalue weighted by Gasteiger charge is 2.28. The van der Waals surface area contributed by atoms with Crippen LogP contribution in [0.2, 0.25) is 5.02 Å². The van der Waals surface area contributed by atoms with Crippen molar-refractivity contribution in [1.82, 2.24) is 4.90 Å². The fraction of sp³-hybridized carbons (Fsp3) is 0.500. The summed E-state index contributed by atoms with van der Waals surface area (Å²) < 4.78 is 6.24. The summed E-state index contributed by atoms with van der Waals surface area (Å²) in [7, 11) is 0. The molecule has 0 unspecified atom stereocenters. The molecular weight excluding hydrogens is 346 g/mol. The number of aliphatic hydroxyl groups is 1. The summed E-state index contributed by atoms with van der Waals surface area (Å²) in [4.78, 5) is 13.9. The molecule has 1 N–H and O–H groups in total. The van der Waals surface area contributed by atoms with E-state index < -0.39 is 0 Å². The normalized spacial score (nSPS) is 14.8. The average Bonchev–Trinajstić information content (AvgIpc) is 2.34. The number of benzene rings is 1. The highest BCUT2D eigenvalue weighted by Crippen LogP contribution is 2.28. The molecule has 1 aliphatic carbocycles. The molecule has 1 fully saturated rings. The lowest BCUT2D eigenvalue weighted by Crippen LogP contribution is -2.47. The standard InChI is InChI=1S/C14H17BrClNO3/c15-12-8-10(16)4-5-13(12)20-9-14(19)17(6-7-18)11-2-1-3-11/h4-5,8,11,18H,1-3,6-7,9H2. The van der Waals surface area contributed by atoms with Gasteiger partial charge in [0, 0.05) is 17.6 Å². The fourth-order valence-electron chi connectivity index (χ4n) is 2.13. The highest BCUT2D eigenvalue weighted by atomic mass is 79.9. The van der Waals surface area contributed by atoms with Gasteiger partial charge in [-0.3, -0.25) is 4.79 Å². The van der Waals surface area contributed by atoms with Gasteiger partial charge in [0.2, 0.25) is 0 Å². The van der Waals surface area contributed by atoms with E-state index in [2.05, 4.69) is 15.9 Å². The maximum atomic E-state index is 12.2. The first kappa shape index (κ1) is 15.6. The van der Waals surface area contributed by atoms with E-state index in [1.54, 1.807) is 23.1 Å². The topological polar surface area (TPSA) is 49.8 Å². The molecular formula is C14H17BrClNO3. The van der Waals surface area contributed by atoms with E-state index >= 15 is 0 Å². The third kappa shape index (κ3) is 3.87. The van der Waals surface area contributed by atoms with Crippen LogP contribution in [0.5, 0.6) is 5.75 Å². The number of carbonyl (C=O) groups excluding carboxylic acids is 1. The van der Waals surface area contributed by atoms with Gasteiger partial charge < -0.3 is 14.7 Å². The predicted molar refractivity (Wildman–Crippen MR) is 81.1 cm³/mol. The van der Waals surface area contributed by atoms with E-state index in [0.29, 0.717) is 17.3 Å². The van der Waals surface area contributed by atoms with Gasteiger partial charge in [0.1, 0.15) is 5.75 Å². The Morgan fingerprint density at radius 1 is 1.50 bits per heavy atom. The van der Waals surface area contributed by atoms with Gasteiger partial charge in [-0.1, -0.05) is 11.6 Å². The third-order valence-electron chi connectivity index (χ3n) is 3.42. The third-order valence-corrected chi connectivity index (χ3v) is 4.28. The van der Waals surface area contributed by atoms with Gasteiger partial charge in [0.05, 0.1) is 11.1 Å². The zero-order valence-electron chi connectivity index (χ0n) is 11.0. The van der Waals surface area contributed by atoms with E-state index in [4.69, 9.17) is 21.4 Å². The van der Waals surface area contributed by atoms with Crippen LogP contribution in [-0.2, 0) is 4.79 Å². The molecule has 6 heteroatoms. The van der Waals surface area contributed by atoms with Gasteiger partial charge in [-0.15, -0.1) is 0 Å². The summed E-state index contributed by atoms with van der Waals surface area (Å²) in [5.74, 6) is 0.492. The molecule has 0 spiro atoms. The Labute approximate surface area is 131 Å². The summed E-state index contributed by atoms with van der Waals surface area (Å²) in [6.45, 7) is 0.318. The maximum Gasteiger partial charge on any atom is 0.260 e. The number of nitrogens with zero attached hydrogens (tertiary/aromatic N) is 1. The molecule has 2 rings (SSSR count). The molecule has 0 radical (unpaired) electrons. The lowest BCUT2D eigenvalue weighted by atomic mass is 9.91. The quantitative estimate of drug-likeness (QED) is 0.846. The van der Waals surface area contributed by atoms with Crippen molar-refractivity contribution in [1.29, 1.82) is 0 Å². The van der Waals surface area contributed by atoms with Gasteiger partial charge in [-0.05, 0) is 53.4 Å². The summed E-state index contributed by atoms with van der Waals surface area (Å²) in [5.41, 5.74) is 0.